The first-order chi connectivity index (χ1) is 14.0. The van der Waals surface area contributed by atoms with E-state index in [0.29, 0.717) is 17.3 Å². The van der Waals surface area contributed by atoms with Crippen LogP contribution in [0.25, 0.3) is 11.0 Å². The number of aromatic nitrogens is 2. The fourth-order valence-electron chi connectivity index (χ4n) is 3.42. The van der Waals surface area contributed by atoms with Crippen molar-refractivity contribution in [2.75, 3.05) is 31.3 Å². The number of hydrogen-bond donors (Lipinski definition) is 2. The van der Waals surface area contributed by atoms with Crippen LogP contribution in [0.2, 0.25) is 0 Å². The van der Waals surface area contributed by atoms with Crippen LogP contribution < -0.4 is 10.6 Å². The molecule has 1 aliphatic rings. The van der Waals surface area contributed by atoms with E-state index in [1.54, 1.807) is 17.0 Å². The van der Waals surface area contributed by atoms with Crippen molar-refractivity contribution >= 4 is 34.2 Å². The van der Waals surface area contributed by atoms with Gasteiger partial charge in [0.1, 0.15) is 12.4 Å². The van der Waals surface area contributed by atoms with Crippen LogP contribution in [0.4, 0.5) is 11.4 Å². The molecule has 1 aliphatic carbocycles. The van der Waals surface area contributed by atoms with Gasteiger partial charge in [-0.1, -0.05) is 24.3 Å². The third-order valence-electron chi connectivity index (χ3n) is 4.86. The Bertz CT molecular complexity index is 1050. The highest BCUT2D eigenvalue weighted by atomic mass is 16.2. The summed E-state index contributed by atoms with van der Waals surface area (Å²) >= 11 is 0. The van der Waals surface area contributed by atoms with E-state index in [4.69, 9.17) is 4.98 Å². The molecule has 0 aliphatic heterocycles. The smallest absolute Gasteiger partial charge is 0.244 e. The van der Waals surface area contributed by atoms with Crippen molar-refractivity contribution in [1.29, 1.82) is 0 Å². The van der Waals surface area contributed by atoms with E-state index in [-0.39, 0.29) is 24.9 Å². The number of likely N-dealkylation sites (N-methyl/N-ethyl adjacent to an activating group) is 1. The summed E-state index contributed by atoms with van der Waals surface area (Å²) in [6.45, 7) is 0.459. The van der Waals surface area contributed by atoms with Crippen LogP contribution in [0, 0.1) is 0 Å². The van der Waals surface area contributed by atoms with Gasteiger partial charge in [0, 0.05) is 5.92 Å². The minimum Gasteiger partial charge on any atom is -0.323 e. The van der Waals surface area contributed by atoms with Crippen molar-refractivity contribution in [1.82, 2.24) is 14.5 Å². The minimum absolute atomic E-state index is 0.131. The van der Waals surface area contributed by atoms with Gasteiger partial charge in [-0.15, -0.1) is 0 Å². The summed E-state index contributed by atoms with van der Waals surface area (Å²) in [6, 6.07) is 15.1. The number of nitrogens with zero attached hydrogens (tertiary/aromatic N) is 3. The van der Waals surface area contributed by atoms with E-state index in [9.17, 15) is 9.59 Å². The summed E-state index contributed by atoms with van der Waals surface area (Å²) in [4.78, 5) is 31.5. The molecule has 0 atom stereocenters. The lowest BCUT2D eigenvalue weighted by Crippen LogP contribution is -2.28. The van der Waals surface area contributed by atoms with Gasteiger partial charge in [0.2, 0.25) is 11.8 Å². The van der Waals surface area contributed by atoms with Crippen LogP contribution in [-0.4, -0.2) is 46.9 Å². The Balaban J connectivity index is 1.52. The third-order valence-corrected chi connectivity index (χ3v) is 4.86. The summed E-state index contributed by atoms with van der Waals surface area (Å²) in [5, 5.41) is 5.80. The Morgan fingerprint density at radius 1 is 1.00 bits per heavy atom. The van der Waals surface area contributed by atoms with Crippen LogP contribution in [0.1, 0.15) is 24.6 Å². The molecule has 2 N–H and O–H groups in total. The summed E-state index contributed by atoms with van der Waals surface area (Å²) in [6.07, 6.45) is 2.23. The highest BCUT2D eigenvalue weighted by molar-refractivity contribution is 6.00. The zero-order chi connectivity index (χ0) is 20.4. The lowest BCUT2D eigenvalue weighted by Gasteiger charge is -2.15. The molecule has 1 fully saturated rings. The number of para-hydroxylation sites is 4. The van der Waals surface area contributed by atoms with Gasteiger partial charge in [0.25, 0.3) is 0 Å². The van der Waals surface area contributed by atoms with Crippen molar-refractivity contribution in [3.8, 4) is 0 Å². The average molecular weight is 391 g/mol. The maximum Gasteiger partial charge on any atom is 0.244 e. The number of carbonyl (C=O) groups excluding carboxylic acids is 2. The molecule has 0 unspecified atom stereocenters. The highest BCUT2D eigenvalue weighted by Gasteiger charge is 2.30. The quantitative estimate of drug-likeness (QED) is 0.649. The van der Waals surface area contributed by atoms with Crippen LogP contribution in [0.5, 0.6) is 0 Å². The number of nitrogens with one attached hydrogen (secondary N) is 2. The number of benzene rings is 2. The van der Waals surface area contributed by atoms with Crippen molar-refractivity contribution in [2.24, 2.45) is 0 Å². The highest BCUT2D eigenvalue weighted by Crippen LogP contribution is 2.40. The van der Waals surface area contributed by atoms with Gasteiger partial charge in [-0.2, -0.15) is 0 Å². The van der Waals surface area contributed by atoms with Gasteiger partial charge in [-0.3, -0.25) is 9.59 Å². The van der Waals surface area contributed by atoms with E-state index in [1.165, 1.54) is 0 Å². The predicted molar refractivity (Wildman–Crippen MR) is 114 cm³/mol. The second kappa shape index (κ2) is 8.05. The summed E-state index contributed by atoms with van der Waals surface area (Å²) in [7, 11) is 3.67. The Hall–Kier alpha value is -3.19. The normalized spacial score (nSPS) is 13.6. The molecule has 7 heteroatoms. The van der Waals surface area contributed by atoms with Gasteiger partial charge in [0.05, 0.1) is 29.0 Å². The Morgan fingerprint density at radius 2 is 1.62 bits per heavy atom. The molecular formula is C22H25N5O2. The fourth-order valence-corrected chi connectivity index (χ4v) is 3.42. The summed E-state index contributed by atoms with van der Waals surface area (Å²) < 4.78 is 2.01. The second-order valence-electron chi connectivity index (χ2n) is 7.70. The first-order valence-corrected chi connectivity index (χ1v) is 9.80. The van der Waals surface area contributed by atoms with Crippen LogP contribution in [0.3, 0.4) is 0 Å². The van der Waals surface area contributed by atoms with Gasteiger partial charge in [0.15, 0.2) is 0 Å². The molecule has 7 nitrogen and oxygen atoms in total. The topological polar surface area (TPSA) is 79.3 Å². The lowest BCUT2D eigenvalue weighted by molar-refractivity contribution is -0.117. The van der Waals surface area contributed by atoms with Crippen LogP contribution >= 0.6 is 0 Å². The zero-order valence-corrected chi connectivity index (χ0v) is 16.7. The van der Waals surface area contributed by atoms with Crippen molar-refractivity contribution < 1.29 is 9.59 Å². The van der Waals surface area contributed by atoms with Crippen LogP contribution in [-0.2, 0) is 16.1 Å². The van der Waals surface area contributed by atoms with Gasteiger partial charge < -0.3 is 20.1 Å². The van der Waals surface area contributed by atoms with E-state index in [2.05, 4.69) is 10.6 Å². The lowest BCUT2D eigenvalue weighted by atomic mass is 10.2. The molecule has 1 aromatic heterocycles. The predicted octanol–water partition coefficient (Wildman–Crippen LogP) is 3.05. The number of fused-ring (bicyclic) bond motifs is 1. The van der Waals surface area contributed by atoms with Gasteiger partial charge in [-0.05, 0) is 51.2 Å². The molecule has 0 spiro atoms. The molecule has 4 rings (SSSR count). The molecule has 3 aromatic rings. The number of hydrogen-bond acceptors (Lipinski definition) is 4. The number of carbonyl (C=O) groups is 2. The molecule has 0 saturated heterocycles. The number of anilines is 2. The number of imidazole rings is 1. The molecule has 150 valence electrons. The molecule has 0 radical (unpaired) electrons. The Kier molecular flexibility index (Phi) is 5.31. The SMILES string of the molecule is CN(C)CC(=O)Nc1ccccc1NC(=O)Cn1c(C2CC2)nc2ccccc21. The minimum atomic E-state index is -0.149. The standard InChI is InChI=1S/C22H25N5O2/c1-26(2)13-20(28)23-16-7-3-4-8-17(16)24-21(29)14-27-19-10-6-5-9-18(19)25-22(27)15-11-12-15/h3-10,15H,11-14H2,1-2H3,(H,23,28)(H,24,29). The monoisotopic (exact) mass is 391 g/mol. The van der Waals surface area contributed by atoms with Gasteiger partial charge >= 0.3 is 0 Å². The molecule has 2 aromatic carbocycles. The first kappa shape index (κ1) is 19.1. The van der Waals surface area contributed by atoms with E-state index < -0.39 is 0 Å². The first-order valence-electron chi connectivity index (χ1n) is 9.80. The average Bonchev–Trinajstić information content (AvgIpc) is 3.46. The molecule has 1 heterocycles. The molecule has 1 saturated carbocycles. The third kappa shape index (κ3) is 4.46. The largest absolute Gasteiger partial charge is 0.323 e. The second-order valence-corrected chi connectivity index (χ2v) is 7.70. The Labute approximate surface area is 169 Å². The number of amides is 2. The number of rotatable bonds is 7. The molecule has 2 amide bonds. The maximum absolute atomic E-state index is 12.9. The zero-order valence-electron chi connectivity index (χ0n) is 16.7. The van der Waals surface area contributed by atoms with Crippen molar-refractivity contribution in [2.45, 2.75) is 25.3 Å². The Morgan fingerprint density at radius 3 is 2.28 bits per heavy atom. The van der Waals surface area contributed by atoms with Crippen molar-refractivity contribution in [3.63, 3.8) is 0 Å². The molecular weight excluding hydrogens is 366 g/mol. The maximum atomic E-state index is 12.9. The van der Waals surface area contributed by atoms with Gasteiger partial charge in [-0.25, -0.2) is 4.98 Å². The fraction of sp³-hybridized carbons (Fsp3) is 0.318. The van der Waals surface area contributed by atoms with E-state index in [0.717, 1.165) is 29.7 Å². The van der Waals surface area contributed by atoms with E-state index in [1.807, 2.05) is 55.1 Å². The molecule has 29 heavy (non-hydrogen) atoms. The molecule has 0 bridgehead atoms. The summed E-state index contributed by atoms with van der Waals surface area (Å²) in [5.74, 6) is 1.14. The summed E-state index contributed by atoms with van der Waals surface area (Å²) in [5.41, 5.74) is 3.06. The van der Waals surface area contributed by atoms with E-state index >= 15 is 0 Å². The van der Waals surface area contributed by atoms with Crippen LogP contribution in [0.15, 0.2) is 48.5 Å². The van der Waals surface area contributed by atoms with Crippen molar-refractivity contribution in [3.05, 3.63) is 54.4 Å².